The van der Waals surface area contributed by atoms with E-state index in [4.69, 9.17) is 12.2 Å². The van der Waals surface area contributed by atoms with Crippen LogP contribution in [0.2, 0.25) is 0 Å². The maximum Gasteiger partial charge on any atom is 0.254 e. The van der Waals surface area contributed by atoms with Crippen molar-refractivity contribution in [2.75, 3.05) is 13.1 Å². The van der Waals surface area contributed by atoms with Crippen molar-refractivity contribution < 1.29 is 4.79 Å². The highest BCUT2D eigenvalue weighted by molar-refractivity contribution is 7.73. The van der Waals surface area contributed by atoms with Gasteiger partial charge in [-0.1, -0.05) is 36.2 Å². The lowest BCUT2D eigenvalue weighted by molar-refractivity contribution is -0.126. The van der Waals surface area contributed by atoms with E-state index in [-0.39, 0.29) is 12.5 Å². The molecule has 0 spiro atoms. The molecule has 1 N–H and O–H groups in total. The van der Waals surface area contributed by atoms with Crippen LogP contribution in [-0.4, -0.2) is 28.6 Å². The summed E-state index contributed by atoms with van der Waals surface area (Å²) in [5.41, 5.74) is 6.32. The van der Waals surface area contributed by atoms with Gasteiger partial charge >= 0.3 is 0 Å². The van der Waals surface area contributed by atoms with Crippen LogP contribution in [0, 0.1) is 10.9 Å². The van der Waals surface area contributed by atoms with E-state index in [0.29, 0.717) is 0 Å². The van der Waals surface area contributed by atoms with Gasteiger partial charge in [-0.3, -0.25) is 10.2 Å². The number of nitrogens with one attached hydrogen (secondary N) is 1. The first kappa shape index (κ1) is 16.4. The zero-order valence-corrected chi connectivity index (χ0v) is 14.9. The SMILES string of the molecule is Cc1ccc(-c2csc(=S)n2CC(=O)NN2CCCCC2)cc1. The summed E-state index contributed by atoms with van der Waals surface area (Å²) >= 11 is 6.91. The van der Waals surface area contributed by atoms with Crippen molar-refractivity contribution >= 4 is 29.5 Å². The highest BCUT2D eigenvalue weighted by Gasteiger charge is 2.15. The van der Waals surface area contributed by atoms with Gasteiger partial charge in [0.25, 0.3) is 5.91 Å². The Labute approximate surface area is 145 Å². The molecule has 1 aliphatic heterocycles. The van der Waals surface area contributed by atoms with Crippen molar-refractivity contribution in [3.8, 4) is 11.3 Å². The lowest BCUT2D eigenvalue weighted by Gasteiger charge is -2.27. The van der Waals surface area contributed by atoms with Crippen molar-refractivity contribution in [3.63, 3.8) is 0 Å². The minimum absolute atomic E-state index is 0.00485. The summed E-state index contributed by atoms with van der Waals surface area (Å²) in [4.78, 5) is 12.4. The summed E-state index contributed by atoms with van der Waals surface area (Å²) in [5, 5.41) is 4.05. The molecule has 23 heavy (non-hydrogen) atoms. The smallest absolute Gasteiger partial charge is 0.254 e. The predicted molar refractivity (Wildman–Crippen MR) is 96.9 cm³/mol. The van der Waals surface area contributed by atoms with E-state index in [2.05, 4.69) is 36.6 Å². The van der Waals surface area contributed by atoms with Gasteiger partial charge in [-0.25, -0.2) is 5.01 Å². The summed E-state index contributed by atoms with van der Waals surface area (Å²) in [6.07, 6.45) is 3.54. The van der Waals surface area contributed by atoms with Gasteiger partial charge in [0.05, 0.1) is 5.69 Å². The molecule has 1 amide bonds. The number of hydrazine groups is 1. The van der Waals surface area contributed by atoms with E-state index >= 15 is 0 Å². The largest absolute Gasteiger partial charge is 0.313 e. The third-order valence-electron chi connectivity index (χ3n) is 4.07. The predicted octanol–water partition coefficient (Wildman–Crippen LogP) is 3.77. The van der Waals surface area contributed by atoms with Crippen molar-refractivity contribution in [3.05, 3.63) is 39.2 Å². The van der Waals surface area contributed by atoms with E-state index in [0.717, 1.165) is 41.1 Å². The first-order valence-electron chi connectivity index (χ1n) is 7.93. The number of hydrogen-bond donors (Lipinski definition) is 1. The lowest BCUT2D eigenvalue weighted by atomic mass is 10.1. The number of aryl methyl sites for hydroxylation is 1. The second-order valence-electron chi connectivity index (χ2n) is 5.92. The molecule has 2 aromatic rings. The van der Waals surface area contributed by atoms with Gasteiger partial charge in [-0.2, -0.15) is 0 Å². The van der Waals surface area contributed by atoms with E-state index < -0.39 is 0 Å². The summed E-state index contributed by atoms with van der Waals surface area (Å²) in [6.45, 7) is 4.20. The van der Waals surface area contributed by atoms with Crippen LogP contribution in [0.15, 0.2) is 29.6 Å². The number of benzene rings is 1. The first-order chi connectivity index (χ1) is 11.1. The molecule has 0 bridgehead atoms. The molecule has 0 atom stereocenters. The van der Waals surface area contributed by atoms with Gasteiger partial charge in [0.2, 0.25) is 0 Å². The molecule has 2 heterocycles. The number of amides is 1. The fraction of sp³-hybridized carbons (Fsp3) is 0.412. The highest BCUT2D eigenvalue weighted by atomic mass is 32.1. The molecule has 0 radical (unpaired) electrons. The monoisotopic (exact) mass is 347 g/mol. The summed E-state index contributed by atoms with van der Waals surface area (Å²) in [6, 6.07) is 8.30. The van der Waals surface area contributed by atoms with Crippen molar-refractivity contribution in [1.29, 1.82) is 0 Å². The fourth-order valence-electron chi connectivity index (χ4n) is 2.79. The van der Waals surface area contributed by atoms with E-state index in [1.165, 1.54) is 23.3 Å². The molecule has 1 aromatic carbocycles. The van der Waals surface area contributed by atoms with Crippen LogP contribution in [0.5, 0.6) is 0 Å². The normalized spacial score (nSPS) is 15.5. The Balaban J connectivity index is 1.74. The van der Waals surface area contributed by atoms with Crippen LogP contribution in [0.1, 0.15) is 24.8 Å². The molecule has 0 unspecified atom stereocenters. The van der Waals surface area contributed by atoms with Crippen molar-refractivity contribution in [1.82, 2.24) is 15.0 Å². The Kier molecular flexibility index (Phi) is 5.25. The third kappa shape index (κ3) is 4.07. The minimum Gasteiger partial charge on any atom is -0.313 e. The van der Waals surface area contributed by atoms with Crippen LogP contribution in [0.3, 0.4) is 0 Å². The van der Waals surface area contributed by atoms with Crippen LogP contribution < -0.4 is 5.43 Å². The molecule has 3 rings (SSSR count). The van der Waals surface area contributed by atoms with E-state index in [9.17, 15) is 4.79 Å². The summed E-state index contributed by atoms with van der Waals surface area (Å²) < 4.78 is 2.65. The van der Waals surface area contributed by atoms with Gasteiger partial charge in [-0.05, 0) is 37.5 Å². The molecule has 4 nitrogen and oxygen atoms in total. The molecule has 0 aliphatic carbocycles. The van der Waals surface area contributed by atoms with Crippen LogP contribution >= 0.6 is 23.6 Å². The minimum atomic E-state index is -0.00485. The number of carbonyl (C=O) groups excluding carboxylic acids is 1. The average molecular weight is 348 g/mol. The maximum atomic E-state index is 12.4. The number of piperidine rings is 1. The van der Waals surface area contributed by atoms with Gasteiger partial charge in [-0.15, -0.1) is 11.3 Å². The molecule has 122 valence electrons. The first-order valence-corrected chi connectivity index (χ1v) is 9.22. The Morgan fingerprint density at radius 1 is 1.22 bits per heavy atom. The maximum absolute atomic E-state index is 12.4. The number of thiazole rings is 1. The van der Waals surface area contributed by atoms with E-state index in [1.807, 2.05) is 15.0 Å². The zero-order chi connectivity index (χ0) is 16.2. The van der Waals surface area contributed by atoms with Gasteiger partial charge in [0, 0.05) is 18.5 Å². The molecule has 1 fully saturated rings. The average Bonchev–Trinajstić information content (AvgIpc) is 2.90. The van der Waals surface area contributed by atoms with Gasteiger partial charge in [0.1, 0.15) is 6.54 Å². The van der Waals surface area contributed by atoms with Gasteiger partial charge < -0.3 is 4.57 Å². The summed E-state index contributed by atoms with van der Waals surface area (Å²) in [7, 11) is 0. The topological polar surface area (TPSA) is 37.3 Å². The Morgan fingerprint density at radius 2 is 1.91 bits per heavy atom. The van der Waals surface area contributed by atoms with Crippen molar-refractivity contribution in [2.24, 2.45) is 0 Å². The van der Waals surface area contributed by atoms with Gasteiger partial charge in [0.15, 0.2) is 3.95 Å². The second-order valence-corrected chi connectivity index (χ2v) is 7.42. The molecular formula is C17H21N3OS2. The Hall–Kier alpha value is -1.50. The molecule has 1 aliphatic rings. The van der Waals surface area contributed by atoms with E-state index in [1.54, 1.807) is 0 Å². The zero-order valence-electron chi connectivity index (χ0n) is 13.2. The third-order valence-corrected chi connectivity index (χ3v) is 5.34. The standard InChI is InChI=1S/C17H21N3OS2/c1-13-5-7-14(8-6-13)15-12-23-17(22)20(15)11-16(21)18-19-9-3-2-4-10-19/h5-8,12H,2-4,9-11H2,1H3,(H,18,21). The number of aromatic nitrogens is 1. The second kappa shape index (κ2) is 7.38. The molecule has 1 saturated heterocycles. The number of carbonyl (C=O) groups is 1. The Bertz CT molecular complexity index is 727. The van der Waals surface area contributed by atoms with Crippen LogP contribution in [0.25, 0.3) is 11.3 Å². The highest BCUT2D eigenvalue weighted by Crippen LogP contribution is 2.24. The fourth-order valence-corrected chi connectivity index (χ4v) is 3.86. The number of rotatable bonds is 4. The molecule has 1 aromatic heterocycles. The quantitative estimate of drug-likeness (QED) is 0.856. The number of nitrogens with zero attached hydrogens (tertiary/aromatic N) is 2. The van der Waals surface area contributed by atoms with Crippen molar-refractivity contribution in [2.45, 2.75) is 32.7 Å². The summed E-state index contributed by atoms with van der Waals surface area (Å²) in [5.74, 6) is -0.00485. The van der Waals surface area contributed by atoms with Crippen LogP contribution in [-0.2, 0) is 11.3 Å². The Morgan fingerprint density at radius 3 is 2.61 bits per heavy atom. The molecule has 6 heteroatoms. The molecule has 0 saturated carbocycles. The molecular weight excluding hydrogens is 326 g/mol. The number of hydrogen-bond acceptors (Lipinski definition) is 4. The lowest BCUT2D eigenvalue weighted by Crippen LogP contribution is -2.46. The van der Waals surface area contributed by atoms with Crippen LogP contribution in [0.4, 0.5) is 0 Å².